The Balaban J connectivity index is 1.37. The fraction of sp³-hybridized carbons (Fsp3) is 0.320. The number of hydrogen-bond donors (Lipinski definition) is 2. The average Bonchev–Trinajstić information content (AvgIpc) is 2.78. The molecule has 1 amide bonds. The van der Waals surface area contributed by atoms with Crippen molar-refractivity contribution in [2.75, 3.05) is 25.0 Å². The molecule has 2 N–H and O–H groups in total. The predicted molar refractivity (Wildman–Crippen MR) is 123 cm³/mol. The van der Waals surface area contributed by atoms with E-state index in [1.165, 1.54) is 12.1 Å². The van der Waals surface area contributed by atoms with Crippen LogP contribution in [0.15, 0.2) is 60.8 Å². The largest absolute Gasteiger partial charge is 0.355 e. The first kappa shape index (κ1) is 21.9. The number of aryl methyl sites for hydroxylation is 1. The molecule has 0 aliphatic carbocycles. The van der Waals surface area contributed by atoms with Gasteiger partial charge in [-0.2, -0.15) is 0 Å². The molecule has 1 unspecified atom stereocenters. The third kappa shape index (κ3) is 6.11. The molecule has 0 saturated carbocycles. The lowest BCUT2D eigenvalue weighted by Crippen LogP contribution is -2.42. The Morgan fingerprint density at radius 1 is 1.16 bits per heavy atom. The van der Waals surface area contributed by atoms with E-state index in [-0.39, 0.29) is 17.6 Å². The van der Waals surface area contributed by atoms with E-state index in [1.807, 2.05) is 43.3 Å². The van der Waals surface area contributed by atoms with Crippen molar-refractivity contribution in [3.05, 3.63) is 83.7 Å². The molecule has 32 heavy (non-hydrogen) atoms. The maximum atomic E-state index is 13.5. The van der Waals surface area contributed by atoms with E-state index in [0.29, 0.717) is 18.8 Å². The molecule has 1 aliphatic rings. The van der Waals surface area contributed by atoms with Crippen LogP contribution in [-0.2, 0) is 11.3 Å². The highest BCUT2D eigenvalue weighted by Crippen LogP contribution is 2.28. The Bertz CT molecular complexity index is 1060. The Morgan fingerprint density at radius 3 is 2.88 bits per heavy atom. The topological polar surface area (TPSA) is 70.2 Å². The minimum atomic E-state index is -0.273. The molecular formula is C25H28FN5O. The van der Waals surface area contributed by atoms with E-state index in [4.69, 9.17) is 4.98 Å². The number of carbonyl (C=O) groups is 1. The van der Waals surface area contributed by atoms with Crippen LogP contribution >= 0.6 is 0 Å². The Labute approximate surface area is 187 Å². The van der Waals surface area contributed by atoms with Crippen molar-refractivity contribution in [2.24, 2.45) is 0 Å². The van der Waals surface area contributed by atoms with Gasteiger partial charge >= 0.3 is 0 Å². The normalized spacial score (nSPS) is 16.5. The monoisotopic (exact) mass is 433 g/mol. The van der Waals surface area contributed by atoms with E-state index < -0.39 is 0 Å². The fourth-order valence-electron chi connectivity index (χ4n) is 4.10. The van der Waals surface area contributed by atoms with Gasteiger partial charge in [0.15, 0.2) is 0 Å². The molecule has 4 rings (SSSR count). The van der Waals surface area contributed by atoms with Gasteiger partial charge in [-0.05, 0) is 68.8 Å². The van der Waals surface area contributed by atoms with E-state index in [9.17, 15) is 9.18 Å². The highest BCUT2D eigenvalue weighted by Gasteiger charge is 2.24. The van der Waals surface area contributed by atoms with Crippen molar-refractivity contribution in [1.29, 1.82) is 0 Å². The lowest BCUT2D eigenvalue weighted by molar-refractivity contribution is -0.122. The van der Waals surface area contributed by atoms with E-state index in [1.54, 1.807) is 12.3 Å². The molecule has 1 aromatic carbocycles. The lowest BCUT2D eigenvalue weighted by Gasteiger charge is -2.32. The number of pyridine rings is 2. The van der Waals surface area contributed by atoms with Crippen molar-refractivity contribution in [1.82, 2.24) is 20.2 Å². The molecule has 7 heteroatoms. The van der Waals surface area contributed by atoms with Crippen LogP contribution in [-0.4, -0.2) is 40.4 Å². The molecule has 1 atom stereocenters. The van der Waals surface area contributed by atoms with Crippen molar-refractivity contribution in [3.8, 4) is 0 Å². The van der Waals surface area contributed by atoms with Gasteiger partial charge in [0.2, 0.25) is 5.91 Å². The number of carbonyl (C=O) groups excluding carboxylic acids is 1. The Hall–Kier alpha value is -3.32. The summed E-state index contributed by atoms with van der Waals surface area (Å²) >= 11 is 0. The lowest BCUT2D eigenvalue weighted by atomic mass is 9.93. The summed E-state index contributed by atoms with van der Waals surface area (Å²) in [6, 6.07) is 16.1. The number of nitrogens with zero attached hydrogens (tertiary/aromatic N) is 3. The third-order valence-corrected chi connectivity index (χ3v) is 5.57. The zero-order valence-corrected chi connectivity index (χ0v) is 18.2. The first-order chi connectivity index (χ1) is 15.5. The van der Waals surface area contributed by atoms with Gasteiger partial charge in [-0.3, -0.25) is 19.7 Å². The molecule has 1 saturated heterocycles. The van der Waals surface area contributed by atoms with Crippen LogP contribution < -0.4 is 10.6 Å². The first-order valence-corrected chi connectivity index (χ1v) is 11.0. The van der Waals surface area contributed by atoms with Crippen LogP contribution in [0.3, 0.4) is 0 Å². The van der Waals surface area contributed by atoms with Gasteiger partial charge in [0.25, 0.3) is 0 Å². The summed E-state index contributed by atoms with van der Waals surface area (Å²) in [5, 5.41) is 6.23. The van der Waals surface area contributed by atoms with Crippen LogP contribution in [0.4, 0.5) is 15.8 Å². The minimum absolute atomic E-state index is 0.00182. The number of rotatable bonds is 7. The van der Waals surface area contributed by atoms with Gasteiger partial charge in [-0.25, -0.2) is 4.39 Å². The molecular weight excluding hydrogens is 405 g/mol. The van der Waals surface area contributed by atoms with E-state index in [2.05, 4.69) is 20.5 Å². The molecule has 166 valence electrons. The highest BCUT2D eigenvalue weighted by atomic mass is 19.1. The predicted octanol–water partition coefficient (Wildman–Crippen LogP) is 4.16. The van der Waals surface area contributed by atoms with Gasteiger partial charge in [-0.15, -0.1) is 0 Å². The number of halogens is 1. The molecule has 1 aliphatic heterocycles. The van der Waals surface area contributed by atoms with Crippen molar-refractivity contribution >= 4 is 17.3 Å². The maximum absolute atomic E-state index is 13.5. The van der Waals surface area contributed by atoms with E-state index in [0.717, 1.165) is 48.7 Å². The van der Waals surface area contributed by atoms with Gasteiger partial charge < -0.3 is 10.6 Å². The quantitative estimate of drug-likeness (QED) is 0.585. The molecule has 3 aromatic rings. The number of nitrogens with one attached hydrogen (secondary N) is 2. The standard InChI is InChI=1S/C25H28FN5O/c1-18-12-23(30-21-9-4-7-20(26)13-21)14-24(29-18)19-6-5-11-31(16-19)17-25(32)28-15-22-8-2-3-10-27-22/h2-4,7-10,12-14,19H,5-6,11,15-17H2,1H3,(H,28,32)(H,29,30). The van der Waals surface area contributed by atoms with Crippen LogP contribution in [0.1, 0.15) is 35.8 Å². The molecule has 6 nitrogen and oxygen atoms in total. The number of likely N-dealkylation sites (tertiary alicyclic amines) is 1. The summed E-state index contributed by atoms with van der Waals surface area (Å²) in [5.41, 5.74) is 4.36. The molecule has 0 spiro atoms. The second-order valence-electron chi connectivity index (χ2n) is 8.23. The summed E-state index contributed by atoms with van der Waals surface area (Å²) < 4.78 is 13.5. The molecule has 0 bridgehead atoms. The van der Waals surface area contributed by atoms with Crippen LogP contribution in [0.25, 0.3) is 0 Å². The summed E-state index contributed by atoms with van der Waals surface area (Å²) in [5.74, 6) is -0.0208. The van der Waals surface area contributed by atoms with Gasteiger partial charge in [0, 0.05) is 41.4 Å². The third-order valence-electron chi connectivity index (χ3n) is 5.57. The zero-order valence-electron chi connectivity index (χ0n) is 18.2. The Morgan fingerprint density at radius 2 is 2.06 bits per heavy atom. The highest BCUT2D eigenvalue weighted by molar-refractivity contribution is 5.78. The molecule has 1 fully saturated rings. The zero-order chi connectivity index (χ0) is 22.3. The molecule has 2 aromatic heterocycles. The van der Waals surface area contributed by atoms with Crippen LogP contribution in [0.5, 0.6) is 0 Å². The summed E-state index contributed by atoms with van der Waals surface area (Å²) in [6.45, 7) is 4.45. The van der Waals surface area contributed by atoms with E-state index >= 15 is 0 Å². The van der Waals surface area contributed by atoms with Crippen molar-refractivity contribution < 1.29 is 9.18 Å². The van der Waals surface area contributed by atoms with Gasteiger partial charge in [-0.1, -0.05) is 12.1 Å². The number of anilines is 2. The van der Waals surface area contributed by atoms with Crippen molar-refractivity contribution in [3.63, 3.8) is 0 Å². The molecule has 3 heterocycles. The van der Waals surface area contributed by atoms with Crippen LogP contribution in [0, 0.1) is 12.7 Å². The first-order valence-electron chi connectivity index (χ1n) is 11.0. The maximum Gasteiger partial charge on any atom is 0.234 e. The van der Waals surface area contributed by atoms with Gasteiger partial charge in [0.1, 0.15) is 5.82 Å². The summed E-state index contributed by atoms with van der Waals surface area (Å²) in [4.78, 5) is 23.6. The van der Waals surface area contributed by atoms with Crippen molar-refractivity contribution in [2.45, 2.75) is 32.2 Å². The minimum Gasteiger partial charge on any atom is -0.355 e. The number of benzene rings is 1. The number of amides is 1. The average molecular weight is 434 g/mol. The number of aromatic nitrogens is 2. The summed E-state index contributed by atoms with van der Waals surface area (Å²) in [7, 11) is 0. The second-order valence-corrected chi connectivity index (χ2v) is 8.23. The summed E-state index contributed by atoms with van der Waals surface area (Å²) in [6.07, 6.45) is 3.77. The number of piperidine rings is 1. The fourth-order valence-corrected chi connectivity index (χ4v) is 4.10. The Kier molecular flexibility index (Phi) is 7.07. The smallest absolute Gasteiger partial charge is 0.234 e. The van der Waals surface area contributed by atoms with Gasteiger partial charge in [0.05, 0.1) is 18.8 Å². The SMILES string of the molecule is Cc1cc(Nc2cccc(F)c2)cc(C2CCCN(CC(=O)NCc3ccccn3)C2)n1. The number of hydrogen-bond acceptors (Lipinski definition) is 5. The second kappa shape index (κ2) is 10.3. The van der Waals surface area contributed by atoms with Crippen LogP contribution in [0.2, 0.25) is 0 Å². The molecule has 0 radical (unpaired) electrons.